The molecule has 0 aliphatic rings. The second kappa shape index (κ2) is 5.39. The van der Waals surface area contributed by atoms with Gasteiger partial charge < -0.3 is 5.73 Å². The zero-order chi connectivity index (χ0) is 14.2. The third-order valence-electron chi connectivity index (χ3n) is 2.61. The zero-order valence-electron chi connectivity index (χ0n) is 10.6. The van der Waals surface area contributed by atoms with Crippen LogP contribution < -0.4 is 5.73 Å². The molecule has 0 aliphatic heterocycles. The van der Waals surface area contributed by atoms with Crippen molar-refractivity contribution in [3.8, 4) is 11.3 Å². The van der Waals surface area contributed by atoms with E-state index in [0.717, 1.165) is 6.54 Å². The molecule has 2 aromatic rings. The van der Waals surface area contributed by atoms with Gasteiger partial charge in [0.25, 0.3) is 0 Å². The fourth-order valence-corrected chi connectivity index (χ4v) is 2.29. The minimum atomic E-state index is -0.543. The number of nitrogens with two attached hydrogens (primary N) is 1. The first kappa shape index (κ1) is 14.2. The van der Waals surface area contributed by atoms with E-state index < -0.39 is 5.82 Å². The number of halogens is 3. The number of rotatable bonds is 3. The fourth-order valence-electron chi connectivity index (χ4n) is 1.82. The predicted molar refractivity (Wildman–Crippen MR) is 76.9 cm³/mol. The van der Waals surface area contributed by atoms with Crippen LogP contribution >= 0.6 is 23.2 Å². The van der Waals surface area contributed by atoms with E-state index in [-0.39, 0.29) is 5.02 Å². The smallest absolute Gasteiger partial charge is 0.142 e. The van der Waals surface area contributed by atoms with Crippen molar-refractivity contribution in [2.75, 3.05) is 5.73 Å². The molecule has 0 amide bonds. The maximum atomic E-state index is 13.5. The zero-order valence-corrected chi connectivity index (χ0v) is 12.1. The third kappa shape index (κ3) is 3.01. The SMILES string of the molecule is CC(C)Cn1cc(N)c(-c2cc(F)c(Cl)cc2Cl)n1. The van der Waals surface area contributed by atoms with E-state index in [1.807, 2.05) is 0 Å². The lowest BCUT2D eigenvalue weighted by Gasteiger charge is -2.05. The Labute approximate surface area is 121 Å². The fraction of sp³-hybridized carbons (Fsp3) is 0.308. The molecule has 2 N–H and O–H groups in total. The monoisotopic (exact) mass is 301 g/mol. The second-order valence-corrected chi connectivity index (χ2v) is 5.61. The van der Waals surface area contributed by atoms with Crippen molar-refractivity contribution >= 4 is 28.9 Å². The summed E-state index contributed by atoms with van der Waals surface area (Å²) < 4.78 is 15.3. The van der Waals surface area contributed by atoms with Crippen LogP contribution in [0.1, 0.15) is 13.8 Å². The van der Waals surface area contributed by atoms with Crippen LogP contribution in [0.3, 0.4) is 0 Å². The number of anilines is 1. The summed E-state index contributed by atoms with van der Waals surface area (Å²) in [5.74, 6) is -0.108. The molecule has 0 aliphatic carbocycles. The van der Waals surface area contributed by atoms with Crippen LogP contribution in [0, 0.1) is 11.7 Å². The predicted octanol–water partition coefficient (Wildman–Crippen LogP) is 4.23. The molecule has 0 saturated carbocycles. The number of hydrogen-bond acceptors (Lipinski definition) is 2. The van der Waals surface area contributed by atoms with Crippen LogP contribution in [0.5, 0.6) is 0 Å². The van der Waals surface area contributed by atoms with Crippen LogP contribution in [0.25, 0.3) is 11.3 Å². The maximum Gasteiger partial charge on any atom is 0.142 e. The Morgan fingerprint density at radius 3 is 2.63 bits per heavy atom. The minimum absolute atomic E-state index is 0.0195. The van der Waals surface area contributed by atoms with Gasteiger partial charge in [0.1, 0.15) is 11.5 Å². The first-order valence-corrected chi connectivity index (χ1v) is 6.62. The molecule has 0 bridgehead atoms. The molecule has 0 fully saturated rings. The average Bonchev–Trinajstić information content (AvgIpc) is 2.63. The molecule has 19 heavy (non-hydrogen) atoms. The molecule has 3 nitrogen and oxygen atoms in total. The lowest BCUT2D eigenvalue weighted by atomic mass is 10.1. The summed E-state index contributed by atoms with van der Waals surface area (Å²) in [6.45, 7) is 4.89. The Hall–Kier alpha value is -1.26. The van der Waals surface area contributed by atoms with Crippen LogP contribution in [0.4, 0.5) is 10.1 Å². The van der Waals surface area contributed by atoms with Gasteiger partial charge in [0, 0.05) is 18.3 Å². The highest BCUT2D eigenvalue weighted by atomic mass is 35.5. The summed E-state index contributed by atoms with van der Waals surface area (Å²) in [4.78, 5) is 0. The van der Waals surface area contributed by atoms with E-state index in [0.29, 0.717) is 27.9 Å². The van der Waals surface area contributed by atoms with E-state index in [1.54, 1.807) is 10.9 Å². The van der Waals surface area contributed by atoms with Gasteiger partial charge in [-0.3, -0.25) is 4.68 Å². The van der Waals surface area contributed by atoms with Gasteiger partial charge in [-0.05, 0) is 18.1 Å². The molecular weight excluding hydrogens is 288 g/mol. The summed E-state index contributed by atoms with van der Waals surface area (Å²) in [6.07, 6.45) is 1.72. The van der Waals surface area contributed by atoms with E-state index in [9.17, 15) is 4.39 Å². The van der Waals surface area contributed by atoms with Crippen LogP contribution in [-0.4, -0.2) is 9.78 Å². The lowest BCUT2D eigenvalue weighted by molar-refractivity contribution is 0.484. The third-order valence-corrected chi connectivity index (χ3v) is 3.21. The van der Waals surface area contributed by atoms with E-state index >= 15 is 0 Å². The molecule has 0 atom stereocenters. The summed E-state index contributed by atoms with van der Waals surface area (Å²) in [5, 5.41) is 4.66. The number of benzene rings is 1. The standard InChI is InChI=1S/C13H14Cl2FN3/c1-7(2)5-19-6-12(17)13(18-19)8-3-11(16)10(15)4-9(8)14/h3-4,6-7H,5,17H2,1-2H3. The van der Waals surface area contributed by atoms with Crippen LogP contribution in [0.15, 0.2) is 18.3 Å². The quantitative estimate of drug-likeness (QED) is 0.862. The van der Waals surface area contributed by atoms with Crippen molar-refractivity contribution in [2.24, 2.45) is 5.92 Å². The van der Waals surface area contributed by atoms with Gasteiger partial charge in [-0.15, -0.1) is 0 Å². The van der Waals surface area contributed by atoms with Gasteiger partial charge >= 0.3 is 0 Å². The number of hydrogen-bond donors (Lipinski definition) is 1. The van der Waals surface area contributed by atoms with E-state index in [1.165, 1.54) is 12.1 Å². The topological polar surface area (TPSA) is 43.8 Å². The van der Waals surface area contributed by atoms with Gasteiger partial charge in [0.05, 0.1) is 15.7 Å². The Balaban J connectivity index is 2.47. The van der Waals surface area contributed by atoms with Crippen molar-refractivity contribution < 1.29 is 4.39 Å². The van der Waals surface area contributed by atoms with Crippen LogP contribution in [0.2, 0.25) is 10.0 Å². The lowest BCUT2D eigenvalue weighted by Crippen LogP contribution is -2.04. The number of nitrogen functional groups attached to an aromatic ring is 1. The molecule has 0 radical (unpaired) electrons. The number of nitrogens with zero attached hydrogens (tertiary/aromatic N) is 2. The highest BCUT2D eigenvalue weighted by molar-refractivity contribution is 6.36. The molecule has 1 aromatic heterocycles. The van der Waals surface area contributed by atoms with Crippen molar-refractivity contribution in [2.45, 2.75) is 20.4 Å². The summed E-state index contributed by atoms with van der Waals surface area (Å²) >= 11 is 11.7. The largest absolute Gasteiger partial charge is 0.396 e. The van der Waals surface area contributed by atoms with E-state index in [2.05, 4.69) is 18.9 Å². The Morgan fingerprint density at radius 1 is 1.32 bits per heavy atom. The molecule has 6 heteroatoms. The summed E-state index contributed by atoms with van der Waals surface area (Å²) in [5.41, 5.74) is 7.29. The molecule has 1 heterocycles. The Bertz CT molecular complexity index is 608. The Kier molecular flexibility index (Phi) is 4.02. The average molecular weight is 302 g/mol. The first-order valence-electron chi connectivity index (χ1n) is 5.86. The first-order chi connectivity index (χ1) is 8.88. The van der Waals surface area contributed by atoms with Gasteiger partial charge in [0.2, 0.25) is 0 Å². The summed E-state index contributed by atoms with van der Waals surface area (Å²) in [7, 11) is 0. The Morgan fingerprint density at radius 2 is 2.00 bits per heavy atom. The second-order valence-electron chi connectivity index (χ2n) is 4.80. The highest BCUT2D eigenvalue weighted by Gasteiger charge is 2.15. The maximum absolute atomic E-state index is 13.5. The van der Waals surface area contributed by atoms with Gasteiger partial charge in [-0.1, -0.05) is 37.0 Å². The van der Waals surface area contributed by atoms with Crippen molar-refractivity contribution in [3.05, 3.63) is 34.2 Å². The van der Waals surface area contributed by atoms with Crippen molar-refractivity contribution in [3.63, 3.8) is 0 Å². The molecule has 1 aromatic carbocycles. The molecule has 0 unspecified atom stereocenters. The van der Waals surface area contributed by atoms with Gasteiger partial charge in [0.15, 0.2) is 0 Å². The molecule has 0 saturated heterocycles. The summed E-state index contributed by atoms with van der Waals surface area (Å²) in [6, 6.07) is 2.61. The van der Waals surface area contributed by atoms with Crippen LogP contribution in [-0.2, 0) is 6.54 Å². The number of aromatic nitrogens is 2. The molecule has 102 valence electrons. The minimum Gasteiger partial charge on any atom is -0.396 e. The van der Waals surface area contributed by atoms with Crippen molar-refractivity contribution in [1.29, 1.82) is 0 Å². The molecular formula is C13H14Cl2FN3. The molecule has 2 rings (SSSR count). The van der Waals surface area contributed by atoms with Crippen molar-refractivity contribution in [1.82, 2.24) is 9.78 Å². The van der Waals surface area contributed by atoms with Gasteiger partial charge in [-0.25, -0.2) is 4.39 Å². The normalized spacial score (nSPS) is 11.3. The van der Waals surface area contributed by atoms with Gasteiger partial charge in [-0.2, -0.15) is 5.10 Å². The highest BCUT2D eigenvalue weighted by Crippen LogP contribution is 2.34. The molecule has 0 spiro atoms. The van der Waals surface area contributed by atoms with E-state index in [4.69, 9.17) is 28.9 Å².